The summed E-state index contributed by atoms with van der Waals surface area (Å²) in [5, 5.41) is 9.38. The first-order valence-electron chi connectivity index (χ1n) is 9.60. The second-order valence-electron chi connectivity index (χ2n) is 6.78. The largest absolute Gasteiger partial charge is 2.00 e. The molecular formula is C25H20CdN3O2+. The van der Waals surface area contributed by atoms with Crippen LogP contribution < -0.4 is 4.99 Å². The van der Waals surface area contributed by atoms with Crippen molar-refractivity contribution in [3.63, 3.8) is 0 Å². The molecule has 0 spiro atoms. The third-order valence-electron chi connectivity index (χ3n) is 4.65. The maximum Gasteiger partial charge on any atom is 2.00 e. The number of fused-ring (bicyclic) bond motifs is 1. The van der Waals surface area contributed by atoms with Crippen molar-refractivity contribution in [3.8, 4) is 5.75 Å². The third kappa shape index (κ3) is 5.76. The van der Waals surface area contributed by atoms with Gasteiger partial charge < -0.3 is 10.1 Å². The number of amides is 1. The molecule has 0 radical (unpaired) electrons. The molecule has 0 aromatic heterocycles. The minimum Gasteiger partial charge on any atom is -0.508 e. The summed E-state index contributed by atoms with van der Waals surface area (Å²) in [4.78, 5) is 21.7. The van der Waals surface area contributed by atoms with Crippen molar-refractivity contribution in [3.05, 3.63) is 108 Å². The average molecular weight is 507 g/mol. The summed E-state index contributed by atoms with van der Waals surface area (Å²) in [6.45, 7) is 0. The number of nitrogens with zero attached hydrogens (tertiary/aromatic N) is 2. The van der Waals surface area contributed by atoms with E-state index in [0.29, 0.717) is 12.3 Å². The van der Waals surface area contributed by atoms with Crippen molar-refractivity contribution in [2.45, 2.75) is 12.5 Å². The zero-order valence-corrected chi connectivity index (χ0v) is 20.9. The van der Waals surface area contributed by atoms with Crippen molar-refractivity contribution in [2.24, 2.45) is 4.99 Å². The van der Waals surface area contributed by atoms with Crippen LogP contribution in [-0.2, 0) is 38.5 Å². The average Bonchev–Trinajstić information content (AvgIpc) is 3.11. The van der Waals surface area contributed by atoms with Gasteiger partial charge in [0.2, 0.25) is 0 Å². The van der Waals surface area contributed by atoms with Crippen LogP contribution in [0.15, 0.2) is 96.1 Å². The normalized spacial score (nSPS) is 16.3. The van der Waals surface area contributed by atoms with E-state index in [9.17, 15) is 9.90 Å². The molecule has 2 aliphatic heterocycles. The molecule has 5 rings (SSSR count). The first-order chi connectivity index (χ1) is 14.7. The number of amidine groups is 1. The molecule has 0 saturated carbocycles. The standard InChI is InChI=1S/C19H15N3O2.C6H5.Cd/c23-15-8-6-14(7-9-15)17-12-22-18(11-20-17)21-16(19(22)24)10-13-4-2-1-3-5-13;1-2-4-6-5-3-1;/h1-9,12,16,20,23H,10H2;1-5H;/q;-1;+2. The van der Waals surface area contributed by atoms with Crippen LogP contribution >= 0.6 is 0 Å². The summed E-state index contributed by atoms with van der Waals surface area (Å²) in [5.41, 5.74) is 2.68. The van der Waals surface area contributed by atoms with Gasteiger partial charge in [0.25, 0.3) is 5.91 Å². The smallest absolute Gasteiger partial charge is 0.508 e. The monoisotopic (exact) mass is 508 g/mol. The van der Waals surface area contributed by atoms with Crippen molar-refractivity contribution in [1.29, 1.82) is 0 Å². The Balaban J connectivity index is 0.000000338. The molecule has 2 heterocycles. The Hall–Kier alpha value is -3.07. The van der Waals surface area contributed by atoms with Gasteiger partial charge in [-0.1, -0.05) is 42.5 Å². The number of carbonyl (C=O) groups excluding carboxylic acids is 1. The molecule has 3 aromatic carbocycles. The first kappa shape index (κ1) is 22.6. The van der Waals surface area contributed by atoms with Gasteiger partial charge >= 0.3 is 27.3 Å². The van der Waals surface area contributed by atoms with Gasteiger partial charge in [0.15, 0.2) is 0 Å². The minimum absolute atomic E-state index is 0. The SMILES string of the molecule is O=C1C(Cc2ccccc2)N=C2[C-]=[NH+]C(c3ccc(O)cc3)=CN12.[Cd+2].[c-]1ccccc1. The van der Waals surface area contributed by atoms with E-state index in [4.69, 9.17) is 0 Å². The number of aliphatic imine (C=N–C) groups is 1. The third-order valence-corrected chi connectivity index (χ3v) is 4.65. The maximum absolute atomic E-state index is 12.6. The number of phenolic OH excluding ortho intramolecular Hbond substituents is 1. The summed E-state index contributed by atoms with van der Waals surface area (Å²) in [6, 6.07) is 28.7. The van der Waals surface area contributed by atoms with E-state index in [-0.39, 0.29) is 39.0 Å². The number of benzene rings is 3. The van der Waals surface area contributed by atoms with E-state index in [1.165, 1.54) is 4.90 Å². The molecule has 0 saturated heterocycles. The van der Waals surface area contributed by atoms with Gasteiger partial charge in [-0.05, 0) is 23.3 Å². The van der Waals surface area contributed by atoms with Crippen molar-refractivity contribution >= 4 is 23.7 Å². The minimum atomic E-state index is -0.424. The zero-order valence-electron chi connectivity index (χ0n) is 16.9. The second kappa shape index (κ2) is 10.8. The number of hydrogen-bond acceptors (Lipinski definition) is 3. The van der Waals surface area contributed by atoms with Crippen LogP contribution in [0.4, 0.5) is 0 Å². The van der Waals surface area contributed by atoms with Gasteiger partial charge in [-0.2, -0.15) is 36.4 Å². The maximum atomic E-state index is 12.6. The molecular weight excluding hydrogens is 487 g/mol. The van der Waals surface area contributed by atoms with Gasteiger partial charge in [0, 0.05) is 12.6 Å². The second-order valence-corrected chi connectivity index (χ2v) is 6.78. The molecule has 5 nitrogen and oxygen atoms in total. The fourth-order valence-corrected chi connectivity index (χ4v) is 3.13. The van der Waals surface area contributed by atoms with Crippen molar-refractivity contribution in [1.82, 2.24) is 4.90 Å². The molecule has 31 heavy (non-hydrogen) atoms. The molecule has 2 N–H and O–H groups in total. The van der Waals surface area contributed by atoms with Crippen LogP contribution in [0, 0.1) is 6.07 Å². The molecule has 1 unspecified atom stereocenters. The summed E-state index contributed by atoms with van der Waals surface area (Å²) in [5.74, 6) is 0.646. The van der Waals surface area contributed by atoms with E-state index in [1.807, 2.05) is 60.7 Å². The number of hydrogen-bond donors (Lipinski definition) is 2. The Morgan fingerprint density at radius 1 is 0.968 bits per heavy atom. The fourth-order valence-electron chi connectivity index (χ4n) is 3.13. The molecule has 2 aliphatic rings. The van der Waals surface area contributed by atoms with E-state index in [0.717, 1.165) is 16.8 Å². The van der Waals surface area contributed by atoms with Gasteiger partial charge in [-0.3, -0.25) is 14.7 Å². The molecule has 0 bridgehead atoms. The first-order valence-corrected chi connectivity index (χ1v) is 9.60. The van der Waals surface area contributed by atoms with Crippen LogP contribution in [0.25, 0.3) is 5.70 Å². The van der Waals surface area contributed by atoms with Crippen LogP contribution in [-0.4, -0.2) is 34.0 Å². The number of phenols is 1. The van der Waals surface area contributed by atoms with E-state index in [1.54, 1.807) is 30.5 Å². The Kier molecular flexibility index (Phi) is 7.89. The summed E-state index contributed by atoms with van der Waals surface area (Å²) in [6.07, 6.45) is 5.27. The molecule has 0 aliphatic carbocycles. The quantitative estimate of drug-likeness (QED) is 0.422. The number of rotatable bonds is 3. The molecule has 6 heteroatoms. The van der Waals surface area contributed by atoms with Crippen LogP contribution in [0.2, 0.25) is 0 Å². The van der Waals surface area contributed by atoms with Crippen LogP contribution in [0.5, 0.6) is 5.75 Å². The van der Waals surface area contributed by atoms with Crippen LogP contribution in [0.1, 0.15) is 11.1 Å². The number of nitrogens with one attached hydrogen (secondary N) is 1. The Bertz CT molecular complexity index is 1070. The molecule has 1 atom stereocenters. The summed E-state index contributed by atoms with van der Waals surface area (Å²) in [7, 11) is 0. The fraction of sp³-hybridized carbons (Fsp3) is 0.0800. The predicted molar refractivity (Wildman–Crippen MR) is 116 cm³/mol. The molecule has 148 valence electrons. The van der Waals surface area contributed by atoms with Crippen LogP contribution in [0.3, 0.4) is 0 Å². The van der Waals surface area contributed by atoms with E-state index < -0.39 is 6.04 Å². The van der Waals surface area contributed by atoms with Crippen molar-refractivity contribution < 1.29 is 42.2 Å². The Morgan fingerprint density at radius 3 is 2.26 bits per heavy atom. The van der Waals surface area contributed by atoms with Gasteiger partial charge in [0.1, 0.15) is 17.6 Å². The predicted octanol–water partition coefficient (Wildman–Crippen LogP) is 2.07. The van der Waals surface area contributed by atoms with Crippen molar-refractivity contribution in [2.75, 3.05) is 0 Å². The van der Waals surface area contributed by atoms with E-state index in [2.05, 4.69) is 22.3 Å². The van der Waals surface area contributed by atoms with Gasteiger partial charge in [-0.25, -0.2) is 0 Å². The zero-order chi connectivity index (χ0) is 20.8. The van der Waals surface area contributed by atoms with Gasteiger partial charge in [-0.15, -0.1) is 0 Å². The number of aromatic hydroxyl groups is 1. The Labute approximate surface area is 201 Å². The molecule has 3 aromatic rings. The Morgan fingerprint density at radius 2 is 1.65 bits per heavy atom. The number of carbonyl (C=O) groups is 1. The molecule has 1 amide bonds. The van der Waals surface area contributed by atoms with Gasteiger partial charge in [0.05, 0.1) is 11.9 Å². The molecule has 0 fully saturated rings. The van der Waals surface area contributed by atoms with E-state index >= 15 is 0 Å². The topological polar surface area (TPSA) is 66.9 Å². The summed E-state index contributed by atoms with van der Waals surface area (Å²) < 4.78 is 0. The summed E-state index contributed by atoms with van der Waals surface area (Å²) >= 11 is 0.